The highest BCUT2D eigenvalue weighted by molar-refractivity contribution is 7.89. The topological polar surface area (TPSA) is 84.2 Å². The molecule has 0 fully saturated rings. The van der Waals surface area contributed by atoms with E-state index in [4.69, 9.17) is 5.11 Å². The van der Waals surface area contributed by atoms with Gasteiger partial charge in [0.25, 0.3) is 0 Å². The van der Waals surface area contributed by atoms with Gasteiger partial charge in [0.15, 0.2) is 0 Å². The van der Waals surface area contributed by atoms with Gasteiger partial charge in [-0.25, -0.2) is 13.1 Å². The lowest BCUT2D eigenvalue weighted by atomic mass is 10.0. The van der Waals surface area contributed by atoms with Crippen molar-refractivity contribution in [2.24, 2.45) is 5.92 Å². The average molecular weight is 289 g/mol. The molecule has 0 aliphatic heterocycles. The summed E-state index contributed by atoms with van der Waals surface area (Å²) in [5.41, 5.74) is 0. The lowest BCUT2D eigenvalue weighted by Gasteiger charge is -2.12. The zero-order valence-electron chi connectivity index (χ0n) is 11.5. The fraction of sp³-hybridized carbons (Fsp3) is 0.750. The second kappa shape index (κ2) is 7.62. The van der Waals surface area contributed by atoms with Crippen LogP contribution in [0.4, 0.5) is 0 Å². The molecule has 7 heteroatoms. The van der Waals surface area contributed by atoms with Gasteiger partial charge in [-0.15, -0.1) is 0 Å². The molecule has 0 aliphatic carbocycles. The summed E-state index contributed by atoms with van der Waals surface area (Å²) in [6.45, 7) is 5.13. The molecule has 1 rings (SSSR count). The van der Waals surface area contributed by atoms with Gasteiger partial charge in [0.1, 0.15) is 4.90 Å². The molecule has 0 aliphatic rings. The molecule has 1 aromatic rings. The summed E-state index contributed by atoms with van der Waals surface area (Å²) >= 11 is 0. The largest absolute Gasteiger partial charge is 0.396 e. The van der Waals surface area contributed by atoms with Crippen LogP contribution in [0.15, 0.2) is 17.3 Å². The molecule has 0 bridgehead atoms. The summed E-state index contributed by atoms with van der Waals surface area (Å²) < 4.78 is 28.2. The zero-order valence-corrected chi connectivity index (χ0v) is 12.4. The first-order valence-corrected chi connectivity index (χ1v) is 8.14. The summed E-state index contributed by atoms with van der Waals surface area (Å²) in [7, 11) is -3.48. The fourth-order valence-electron chi connectivity index (χ4n) is 1.73. The quantitative estimate of drug-likeness (QED) is 0.710. The molecule has 110 valence electrons. The maximum atomic E-state index is 12.0. The predicted molar refractivity (Wildman–Crippen MR) is 73.2 cm³/mol. The van der Waals surface area contributed by atoms with E-state index in [-0.39, 0.29) is 11.5 Å². The Morgan fingerprint density at radius 2 is 2.11 bits per heavy atom. The SMILES string of the molecule is CCC(CC)CNS(=O)(=O)c1cnn(CCCO)c1. The van der Waals surface area contributed by atoms with Gasteiger partial charge in [0.2, 0.25) is 10.0 Å². The van der Waals surface area contributed by atoms with Crippen LogP contribution >= 0.6 is 0 Å². The minimum atomic E-state index is -3.48. The van der Waals surface area contributed by atoms with E-state index in [2.05, 4.69) is 23.7 Å². The van der Waals surface area contributed by atoms with Gasteiger partial charge >= 0.3 is 0 Å². The maximum absolute atomic E-state index is 12.0. The summed E-state index contributed by atoms with van der Waals surface area (Å²) in [6, 6.07) is 0. The molecule has 0 atom stereocenters. The van der Waals surface area contributed by atoms with Crippen molar-refractivity contribution in [3.05, 3.63) is 12.4 Å². The normalized spacial score (nSPS) is 12.2. The van der Waals surface area contributed by atoms with Crippen LogP contribution < -0.4 is 4.72 Å². The molecular formula is C12H23N3O3S. The van der Waals surface area contributed by atoms with Crippen molar-refractivity contribution >= 4 is 10.0 Å². The van der Waals surface area contributed by atoms with Crippen molar-refractivity contribution in [2.75, 3.05) is 13.2 Å². The van der Waals surface area contributed by atoms with E-state index in [9.17, 15) is 8.42 Å². The average Bonchev–Trinajstić information content (AvgIpc) is 2.87. The number of sulfonamides is 1. The molecule has 19 heavy (non-hydrogen) atoms. The Balaban J connectivity index is 2.64. The van der Waals surface area contributed by atoms with Crippen molar-refractivity contribution in [1.82, 2.24) is 14.5 Å². The Kier molecular flexibility index (Phi) is 6.47. The lowest BCUT2D eigenvalue weighted by Crippen LogP contribution is -2.28. The zero-order chi connectivity index (χ0) is 14.3. The predicted octanol–water partition coefficient (Wildman–Crippen LogP) is 0.980. The van der Waals surface area contributed by atoms with Crippen molar-refractivity contribution in [2.45, 2.75) is 44.6 Å². The first-order valence-electron chi connectivity index (χ1n) is 6.66. The van der Waals surface area contributed by atoms with Crippen molar-refractivity contribution in [1.29, 1.82) is 0 Å². The third kappa shape index (κ3) is 4.93. The number of aryl methyl sites for hydroxylation is 1. The van der Waals surface area contributed by atoms with E-state index in [1.165, 1.54) is 17.1 Å². The summed E-state index contributed by atoms with van der Waals surface area (Å²) in [6.07, 6.45) is 5.30. The molecular weight excluding hydrogens is 266 g/mol. The van der Waals surface area contributed by atoms with Crippen LogP contribution in [0, 0.1) is 5.92 Å². The van der Waals surface area contributed by atoms with Gasteiger partial charge in [-0.3, -0.25) is 4.68 Å². The highest BCUT2D eigenvalue weighted by atomic mass is 32.2. The Morgan fingerprint density at radius 3 is 2.68 bits per heavy atom. The molecule has 1 heterocycles. The van der Waals surface area contributed by atoms with Crippen LogP contribution in [-0.4, -0.2) is 36.5 Å². The molecule has 2 N–H and O–H groups in total. The van der Waals surface area contributed by atoms with E-state index in [1.54, 1.807) is 0 Å². The third-order valence-corrected chi connectivity index (χ3v) is 4.56. The number of rotatable bonds is 9. The van der Waals surface area contributed by atoms with E-state index in [0.717, 1.165) is 12.8 Å². The van der Waals surface area contributed by atoms with Crippen molar-refractivity contribution in [3.63, 3.8) is 0 Å². The van der Waals surface area contributed by atoms with Crippen LogP contribution in [0.1, 0.15) is 33.1 Å². The van der Waals surface area contributed by atoms with E-state index in [0.29, 0.717) is 25.4 Å². The second-order valence-corrected chi connectivity index (χ2v) is 6.32. The summed E-state index contributed by atoms with van der Waals surface area (Å²) in [4.78, 5) is 0.177. The maximum Gasteiger partial charge on any atom is 0.243 e. The van der Waals surface area contributed by atoms with E-state index < -0.39 is 10.0 Å². The van der Waals surface area contributed by atoms with Crippen LogP contribution in [0.3, 0.4) is 0 Å². The van der Waals surface area contributed by atoms with Crippen LogP contribution in [0.2, 0.25) is 0 Å². The number of aromatic nitrogens is 2. The summed E-state index contributed by atoms with van der Waals surface area (Å²) in [5, 5.41) is 12.7. The van der Waals surface area contributed by atoms with E-state index in [1.807, 2.05) is 0 Å². The molecule has 0 spiro atoms. The first-order chi connectivity index (χ1) is 9.03. The van der Waals surface area contributed by atoms with Crippen LogP contribution in [0.25, 0.3) is 0 Å². The fourth-order valence-corrected chi connectivity index (χ4v) is 2.79. The van der Waals surface area contributed by atoms with Gasteiger partial charge in [0, 0.05) is 25.9 Å². The first kappa shape index (κ1) is 16.1. The molecule has 0 saturated heterocycles. The number of aliphatic hydroxyl groups is 1. The van der Waals surface area contributed by atoms with E-state index >= 15 is 0 Å². The standard InChI is InChI=1S/C12H23N3O3S/c1-3-11(4-2)8-14-19(17,18)12-9-13-15(10-12)6-5-7-16/h9-11,14,16H,3-8H2,1-2H3. The van der Waals surface area contributed by atoms with Gasteiger partial charge < -0.3 is 5.11 Å². The molecule has 0 amide bonds. The highest BCUT2D eigenvalue weighted by Crippen LogP contribution is 2.10. The highest BCUT2D eigenvalue weighted by Gasteiger charge is 2.17. The number of aliphatic hydroxyl groups excluding tert-OH is 1. The second-order valence-electron chi connectivity index (χ2n) is 4.55. The number of hydrogen-bond acceptors (Lipinski definition) is 4. The van der Waals surface area contributed by atoms with Gasteiger partial charge in [0.05, 0.1) is 6.20 Å². The molecule has 0 saturated carbocycles. The van der Waals surface area contributed by atoms with Crippen molar-refractivity contribution < 1.29 is 13.5 Å². The third-order valence-electron chi connectivity index (χ3n) is 3.18. The molecule has 0 aromatic carbocycles. The number of nitrogens with zero attached hydrogens (tertiary/aromatic N) is 2. The van der Waals surface area contributed by atoms with Crippen LogP contribution in [0.5, 0.6) is 0 Å². The molecule has 0 radical (unpaired) electrons. The minimum absolute atomic E-state index is 0.0644. The molecule has 6 nitrogen and oxygen atoms in total. The van der Waals surface area contributed by atoms with Gasteiger partial charge in [-0.2, -0.15) is 5.10 Å². The Morgan fingerprint density at radius 1 is 1.42 bits per heavy atom. The van der Waals surface area contributed by atoms with Crippen LogP contribution in [-0.2, 0) is 16.6 Å². The van der Waals surface area contributed by atoms with Gasteiger partial charge in [-0.05, 0) is 12.3 Å². The Hall–Kier alpha value is -0.920. The molecule has 1 aromatic heterocycles. The minimum Gasteiger partial charge on any atom is -0.396 e. The Bertz CT molecular complexity index is 466. The summed E-state index contributed by atoms with van der Waals surface area (Å²) in [5.74, 6) is 0.360. The number of nitrogens with one attached hydrogen (secondary N) is 1. The van der Waals surface area contributed by atoms with Crippen molar-refractivity contribution in [3.8, 4) is 0 Å². The Labute approximate surface area is 114 Å². The molecule has 0 unspecified atom stereocenters. The monoisotopic (exact) mass is 289 g/mol. The van der Waals surface area contributed by atoms with Gasteiger partial charge in [-0.1, -0.05) is 26.7 Å². The lowest BCUT2D eigenvalue weighted by molar-refractivity contribution is 0.277. The smallest absolute Gasteiger partial charge is 0.243 e. The number of hydrogen-bond donors (Lipinski definition) is 2.